The lowest BCUT2D eigenvalue weighted by atomic mass is 10.1. The zero-order valence-corrected chi connectivity index (χ0v) is 14.1. The highest BCUT2D eigenvalue weighted by atomic mass is 19.4. The van der Waals surface area contributed by atoms with Gasteiger partial charge in [-0.1, -0.05) is 29.4 Å². The average molecular weight is 372 g/mol. The van der Waals surface area contributed by atoms with Gasteiger partial charge < -0.3 is 9.42 Å². The number of nitrogens with zero attached hydrogens (tertiary/aromatic N) is 4. The fraction of sp³-hybridized carbons (Fsp3) is 0.333. The molecule has 0 aliphatic rings. The first-order chi connectivity index (χ1) is 12.1. The van der Waals surface area contributed by atoms with E-state index in [-0.39, 0.29) is 12.4 Å². The molecule has 0 saturated heterocycles. The molecule has 8 nitrogen and oxygen atoms in total. The van der Waals surface area contributed by atoms with E-state index in [9.17, 15) is 22.8 Å². The van der Waals surface area contributed by atoms with Crippen molar-refractivity contribution in [3.8, 4) is 11.4 Å². The normalized spacial score (nSPS) is 11.3. The van der Waals surface area contributed by atoms with Crippen molar-refractivity contribution in [2.24, 2.45) is 0 Å². The molecule has 0 fully saturated rings. The molecule has 1 heterocycles. The first-order valence-corrected chi connectivity index (χ1v) is 7.21. The Morgan fingerprint density at radius 1 is 1.15 bits per heavy atom. The highest BCUT2D eigenvalue weighted by molar-refractivity contribution is 6.34. The summed E-state index contributed by atoms with van der Waals surface area (Å²) in [5.74, 6) is -3.24. The molecule has 0 aliphatic heterocycles. The molecule has 0 radical (unpaired) electrons. The number of hydrogen-bond acceptors (Lipinski definition) is 6. The number of amides is 2. The van der Waals surface area contributed by atoms with E-state index in [1.807, 2.05) is 0 Å². The minimum Gasteiger partial charge on any atom is -0.333 e. The molecule has 2 aromatic rings. The van der Waals surface area contributed by atoms with Crippen LogP contribution in [0.4, 0.5) is 13.2 Å². The van der Waals surface area contributed by atoms with E-state index >= 15 is 0 Å². The standard InChI is InChI=1S/C15H15F3N4O4/c1-21(12(23)13(24)22(2)25-3)8-9-4-6-10(7-5-9)11-19-14(26-20-11)15(16,17)18/h4-7H,8H2,1-3H3. The van der Waals surface area contributed by atoms with Crippen molar-refractivity contribution in [2.45, 2.75) is 12.7 Å². The fourth-order valence-corrected chi connectivity index (χ4v) is 1.94. The molecule has 0 bridgehead atoms. The van der Waals surface area contributed by atoms with Crippen LogP contribution in [-0.2, 0) is 27.1 Å². The molecule has 0 aliphatic carbocycles. The molecule has 0 N–H and O–H groups in total. The van der Waals surface area contributed by atoms with Crippen LogP contribution >= 0.6 is 0 Å². The van der Waals surface area contributed by atoms with E-state index in [0.29, 0.717) is 11.1 Å². The van der Waals surface area contributed by atoms with Crippen molar-refractivity contribution in [3.05, 3.63) is 35.7 Å². The van der Waals surface area contributed by atoms with Crippen LogP contribution < -0.4 is 0 Å². The predicted molar refractivity (Wildman–Crippen MR) is 81.0 cm³/mol. The van der Waals surface area contributed by atoms with Crippen LogP contribution in [0.15, 0.2) is 28.8 Å². The van der Waals surface area contributed by atoms with Crippen LogP contribution in [0.2, 0.25) is 0 Å². The molecule has 0 atom stereocenters. The van der Waals surface area contributed by atoms with E-state index in [1.54, 1.807) is 12.1 Å². The molecule has 1 aromatic heterocycles. The highest BCUT2D eigenvalue weighted by Crippen LogP contribution is 2.29. The van der Waals surface area contributed by atoms with Crippen LogP contribution in [0.3, 0.4) is 0 Å². The molecule has 1 aromatic carbocycles. The summed E-state index contributed by atoms with van der Waals surface area (Å²) in [5, 5.41) is 4.09. The topological polar surface area (TPSA) is 88.8 Å². The van der Waals surface area contributed by atoms with Gasteiger partial charge in [-0.05, 0) is 5.56 Å². The van der Waals surface area contributed by atoms with Crippen LogP contribution in [0.5, 0.6) is 0 Å². The lowest BCUT2D eigenvalue weighted by Crippen LogP contribution is -2.41. The SMILES string of the molecule is CON(C)C(=O)C(=O)N(C)Cc1ccc(-c2noc(C(F)(F)F)n2)cc1. The maximum atomic E-state index is 12.5. The van der Waals surface area contributed by atoms with Crippen LogP contribution in [0.25, 0.3) is 11.4 Å². The summed E-state index contributed by atoms with van der Waals surface area (Å²) in [6.07, 6.45) is -4.71. The number of alkyl halides is 3. The zero-order chi connectivity index (χ0) is 19.5. The first-order valence-electron chi connectivity index (χ1n) is 7.21. The molecule has 11 heteroatoms. The second kappa shape index (κ2) is 7.52. The molecular weight excluding hydrogens is 357 g/mol. The Balaban J connectivity index is 2.06. The Bertz CT molecular complexity index is 789. The lowest BCUT2D eigenvalue weighted by molar-refractivity contribution is -0.176. The van der Waals surface area contributed by atoms with Gasteiger partial charge in [0.2, 0.25) is 5.82 Å². The monoisotopic (exact) mass is 372 g/mol. The summed E-state index contributed by atoms with van der Waals surface area (Å²) < 4.78 is 41.6. The lowest BCUT2D eigenvalue weighted by Gasteiger charge is -2.19. The van der Waals surface area contributed by atoms with Gasteiger partial charge in [0.25, 0.3) is 0 Å². The number of benzene rings is 1. The highest BCUT2D eigenvalue weighted by Gasteiger charge is 2.38. The molecule has 0 unspecified atom stereocenters. The second-order valence-electron chi connectivity index (χ2n) is 5.26. The third-order valence-corrected chi connectivity index (χ3v) is 3.39. The van der Waals surface area contributed by atoms with Crippen molar-refractivity contribution in [1.82, 2.24) is 20.1 Å². The summed E-state index contributed by atoms with van der Waals surface area (Å²) in [6, 6.07) is 6.13. The smallest absolute Gasteiger partial charge is 0.333 e. The number of hydroxylamine groups is 2. The van der Waals surface area contributed by atoms with Gasteiger partial charge >= 0.3 is 23.9 Å². The van der Waals surface area contributed by atoms with Crippen molar-refractivity contribution >= 4 is 11.8 Å². The summed E-state index contributed by atoms with van der Waals surface area (Å²) in [7, 11) is 4.00. The van der Waals surface area contributed by atoms with E-state index in [0.717, 1.165) is 5.06 Å². The van der Waals surface area contributed by atoms with E-state index in [2.05, 4.69) is 19.5 Å². The van der Waals surface area contributed by atoms with Gasteiger partial charge in [-0.3, -0.25) is 14.4 Å². The summed E-state index contributed by atoms with van der Waals surface area (Å²) in [4.78, 5) is 32.8. The third kappa shape index (κ3) is 4.36. The second-order valence-corrected chi connectivity index (χ2v) is 5.26. The minimum atomic E-state index is -4.71. The van der Waals surface area contributed by atoms with Gasteiger partial charge in [-0.15, -0.1) is 0 Å². The Hall–Kier alpha value is -2.95. The van der Waals surface area contributed by atoms with Crippen molar-refractivity contribution in [1.29, 1.82) is 0 Å². The maximum Gasteiger partial charge on any atom is 0.471 e. The number of carbonyl (C=O) groups excluding carboxylic acids is 2. The van der Waals surface area contributed by atoms with Crippen LogP contribution in [0.1, 0.15) is 11.5 Å². The third-order valence-electron chi connectivity index (χ3n) is 3.39. The van der Waals surface area contributed by atoms with Gasteiger partial charge in [0.1, 0.15) is 0 Å². The molecule has 0 saturated carbocycles. The van der Waals surface area contributed by atoms with Gasteiger partial charge in [0.15, 0.2) is 0 Å². The largest absolute Gasteiger partial charge is 0.471 e. The molecule has 2 rings (SSSR count). The molecule has 26 heavy (non-hydrogen) atoms. The Morgan fingerprint density at radius 3 is 2.27 bits per heavy atom. The van der Waals surface area contributed by atoms with Gasteiger partial charge in [0.05, 0.1) is 7.11 Å². The Morgan fingerprint density at radius 2 is 1.77 bits per heavy atom. The number of carbonyl (C=O) groups is 2. The molecule has 140 valence electrons. The van der Waals surface area contributed by atoms with Gasteiger partial charge in [-0.25, -0.2) is 5.06 Å². The van der Waals surface area contributed by atoms with E-state index in [1.165, 1.54) is 38.2 Å². The van der Waals surface area contributed by atoms with E-state index < -0.39 is 23.9 Å². The zero-order valence-electron chi connectivity index (χ0n) is 14.1. The summed E-state index contributed by atoms with van der Waals surface area (Å²) >= 11 is 0. The number of hydrogen-bond donors (Lipinski definition) is 0. The van der Waals surface area contributed by atoms with Crippen molar-refractivity contribution in [2.75, 3.05) is 21.2 Å². The fourth-order valence-electron chi connectivity index (χ4n) is 1.94. The minimum absolute atomic E-state index is 0.114. The van der Waals surface area contributed by atoms with Crippen LogP contribution in [-0.4, -0.2) is 53.1 Å². The quantitative estimate of drug-likeness (QED) is 0.600. The van der Waals surface area contributed by atoms with Crippen molar-refractivity contribution < 1.29 is 32.1 Å². The molecular formula is C15H15F3N4O4. The maximum absolute atomic E-state index is 12.5. The number of rotatable bonds is 4. The first kappa shape index (κ1) is 19.4. The molecule has 0 spiro atoms. The van der Waals surface area contributed by atoms with Crippen LogP contribution in [0, 0.1) is 0 Å². The van der Waals surface area contributed by atoms with Gasteiger partial charge in [-0.2, -0.15) is 18.2 Å². The summed E-state index contributed by atoms with van der Waals surface area (Å²) in [6.45, 7) is 0.114. The average Bonchev–Trinajstić information content (AvgIpc) is 3.10. The number of aromatic nitrogens is 2. The number of halogens is 3. The molecule has 2 amide bonds. The van der Waals surface area contributed by atoms with Gasteiger partial charge in [0, 0.05) is 26.2 Å². The predicted octanol–water partition coefficient (Wildman–Crippen LogP) is 1.73. The Labute approximate surface area is 146 Å². The van der Waals surface area contributed by atoms with E-state index in [4.69, 9.17) is 0 Å². The Kier molecular flexibility index (Phi) is 5.60. The van der Waals surface area contributed by atoms with Crippen molar-refractivity contribution in [3.63, 3.8) is 0 Å². The summed E-state index contributed by atoms with van der Waals surface area (Å²) in [5.41, 5.74) is 0.967. The number of likely N-dealkylation sites (N-methyl/N-ethyl adjacent to an activating group) is 2.